The first-order valence-corrected chi connectivity index (χ1v) is 10.3. The van der Waals surface area contributed by atoms with Crippen molar-refractivity contribution in [3.8, 4) is 0 Å². The van der Waals surface area contributed by atoms with Gasteiger partial charge in [0.2, 0.25) is 5.89 Å². The van der Waals surface area contributed by atoms with Crippen molar-refractivity contribution in [1.82, 2.24) is 15.5 Å². The fourth-order valence-corrected chi connectivity index (χ4v) is 3.64. The maximum absolute atomic E-state index is 11.4. The van der Waals surface area contributed by atoms with Crippen molar-refractivity contribution < 1.29 is 19.2 Å². The molecule has 29 heavy (non-hydrogen) atoms. The van der Waals surface area contributed by atoms with E-state index in [1.54, 1.807) is 0 Å². The molecule has 7 heteroatoms. The van der Waals surface area contributed by atoms with Crippen molar-refractivity contribution in [3.05, 3.63) is 47.4 Å². The molecule has 158 valence electrons. The predicted molar refractivity (Wildman–Crippen MR) is 109 cm³/mol. The molecule has 2 unspecified atom stereocenters. The third-order valence-electron chi connectivity index (χ3n) is 5.65. The van der Waals surface area contributed by atoms with E-state index in [0.717, 1.165) is 18.4 Å². The number of hydrogen-bond donors (Lipinski definition) is 2. The van der Waals surface area contributed by atoms with Crippen molar-refractivity contribution in [2.24, 2.45) is 5.41 Å². The first-order chi connectivity index (χ1) is 13.7. The van der Waals surface area contributed by atoms with Crippen LogP contribution in [0.2, 0.25) is 0 Å². The molecule has 1 aromatic heterocycles. The minimum absolute atomic E-state index is 0.0794. The zero-order valence-corrected chi connectivity index (χ0v) is 17.9. The summed E-state index contributed by atoms with van der Waals surface area (Å²) in [7, 11) is 0. The smallest absolute Gasteiger partial charge is 0.324 e. The number of carboxylic acids is 1. The minimum Gasteiger partial charge on any atom is -0.491 e. The van der Waals surface area contributed by atoms with Crippen LogP contribution in [-0.4, -0.2) is 40.4 Å². The summed E-state index contributed by atoms with van der Waals surface area (Å²) < 4.78 is 11.5. The van der Waals surface area contributed by atoms with Crippen LogP contribution in [0.25, 0.3) is 0 Å². The second-order valence-corrected chi connectivity index (χ2v) is 8.67. The van der Waals surface area contributed by atoms with Crippen LogP contribution in [-0.2, 0) is 14.9 Å². The Labute approximate surface area is 171 Å². The third kappa shape index (κ3) is 4.61. The van der Waals surface area contributed by atoms with Crippen LogP contribution in [0.5, 0.6) is 0 Å². The van der Waals surface area contributed by atoms with Gasteiger partial charge in [-0.05, 0) is 25.8 Å². The predicted octanol–water partition coefficient (Wildman–Crippen LogP) is 3.71. The van der Waals surface area contributed by atoms with Crippen LogP contribution in [0, 0.1) is 5.41 Å². The van der Waals surface area contributed by atoms with Gasteiger partial charge >= 0.3 is 5.97 Å². The molecule has 2 atom stereocenters. The lowest BCUT2D eigenvalue weighted by atomic mass is 9.79. The molecule has 1 fully saturated rings. The maximum atomic E-state index is 11.4. The van der Waals surface area contributed by atoms with Crippen molar-refractivity contribution in [3.63, 3.8) is 0 Å². The summed E-state index contributed by atoms with van der Waals surface area (Å²) in [6, 6.07) is -0.751. The molecule has 0 radical (unpaired) electrons. The molecule has 7 nitrogen and oxygen atoms in total. The van der Waals surface area contributed by atoms with Gasteiger partial charge in [0.15, 0.2) is 5.82 Å². The largest absolute Gasteiger partial charge is 0.491 e. The van der Waals surface area contributed by atoms with E-state index in [1.165, 1.54) is 0 Å². The SMILES string of the molecule is CCC(CC)c1nc(C2(C)/C=C\C(C)(C)/C=C3/OCC(C(=O)O)NC/C3=C/2)no1. The highest BCUT2D eigenvalue weighted by atomic mass is 16.5. The number of hydrogen-bond acceptors (Lipinski definition) is 6. The molecule has 0 bridgehead atoms. The Morgan fingerprint density at radius 1 is 1.28 bits per heavy atom. The van der Waals surface area contributed by atoms with E-state index in [0.29, 0.717) is 24.0 Å². The molecule has 0 saturated carbocycles. The van der Waals surface area contributed by atoms with Crippen molar-refractivity contribution in [2.45, 2.75) is 64.8 Å². The molecule has 1 saturated heterocycles. The van der Waals surface area contributed by atoms with E-state index < -0.39 is 17.4 Å². The highest BCUT2D eigenvalue weighted by molar-refractivity contribution is 5.73. The molecule has 1 aromatic rings. The lowest BCUT2D eigenvalue weighted by Gasteiger charge is -2.27. The Morgan fingerprint density at radius 3 is 2.66 bits per heavy atom. The molecule has 0 aromatic carbocycles. The Bertz CT molecular complexity index is 848. The number of ether oxygens (including phenoxy) is 1. The average Bonchev–Trinajstić information content (AvgIpc) is 3.07. The van der Waals surface area contributed by atoms with Crippen LogP contribution < -0.4 is 5.32 Å². The molecular formula is C22H31N3O4. The number of aromatic nitrogens is 2. The van der Waals surface area contributed by atoms with Gasteiger partial charge in [0.1, 0.15) is 18.4 Å². The normalized spacial score (nSPS) is 31.2. The monoisotopic (exact) mass is 401 g/mol. The molecule has 0 amide bonds. The zero-order chi connectivity index (χ0) is 21.2. The van der Waals surface area contributed by atoms with Crippen molar-refractivity contribution in [1.29, 1.82) is 0 Å². The van der Waals surface area contributed by atoms with Crippen molar-refractivity contribution >= 4 is 5.97 Å². The summed E-state index contributed by atoms with van der Waals surface area (Å²) in [5, 5.41) is 16.7. The minimum atomic E-state index is -0.923. The second-order valence-electron chi connectivity index (χ2n) is 8.67. The van der Waals surface area contributed by atoms with Gasteiger partial charge in [0, 0.05) is 23.5 Å². The Balaban J connectivity index is 2.04. The number of rotatable bonds is 5. The molecular weight excluding hydrogens is 370 g/mol. The van der Waals surface area contributed by atoms with Crippen LogP contribution in [0.3, 0.4) is 0 Å². The second kappa shape index (κ2) is 8.14. The first kappa shape index (κ1) is 21.3. The molecule has 2 N–H and O–H groups in total. The first-order valence-electron chi connectivity index (χ1n) is 10.3. The number of carboxylic acid groups (broad SMARTS) is 1. The summed E-state index contributed by atoms with van der Waals surface area (Å²) in [5.41, 5.74) is 0.0114. The fraction of sp³-hybridized carbons (Fsp3) is 0.591. The standard InChI is InChI=1S/C22H31N3O4/c1-6-14(7-2)18-24-20(25-29-18)22(5)9-8-21(3,4)11-17-15(10-22)12-23-16(13-28-17)19(26)27/h8-11,14,16,23H,6-7,12-13H2,1-5H3,(H,26,27)/b9-8-,15-10-,17-11+. The maximum Gasteiger partial charge on any atom is 0.324 e. The lowest BCUT2D eigenvalue weighted by Crippen LogP contribution is -2.39. The van der Waals surface area contributed by atoms with Gasteiger partial charge in [-0.3, -0.25) is 10.1 Å². The topological polar surface area (TPSA) is 97.5 Å². The zero-order valence-electron chi connectivity index (χ0n) is 17.9. The summed E-state index contributed by atoms with van der Waals surface area (Å²) in [6.07, 6.45) is 10.2. The number of nitrogens with one attached hydrogen (secondary N) is 1. The highest BCUT2D eigenvalue weighted by Gasteiger charge is 2.34. The van der Waals surface area contributed by atoms with Crippen LogP contribution in [0.1, 0.15) is 65.1 Å². The number of nitrogens with zero attached hydrogens (tertiary/aromatic N) is 2. The van der Waals surface area contributed by atoms with Crippen LogP contribution in [0.15, 0.2) is 40.2 Å². The Hall–Kier alpha value is -2.41. The molecule has 0 spiro atoms. The fourth-order valence-electron chi connectivity index (χ4n) is 3.64. The Kier molecular flexibility index (Phi) is 5.98. The van der Waals surface area contributed by atoms with Gasteiger partial charge in [0.25, 0.3) is 0 Å². The molecule has 2 aliphatic rings. The van der Waals surface area contributed by atoms with E-state index in [1.807, 2.05) is 19.1 Å². The third-order valence-corrected chi connectivity index (χ3v) is 5.65. The van der Waals surface area contributed by atoms with Gasteiger partial charge in [0.05, 0.1) is 5.41 Å². The summed E-state index contributed by atoms with van der Waals surface area (Å²) in [6.45, 7) is 10.9. The van der Waals surface area contributed by atoms with Crippen molar-refractivity contribution in [2.75, 3.05) is 13.2 Å². The molecule has 2 heterocycles. The quantitative estimate of drug-likeness (QED) is 0.726. The van der Waals surface area contributed by atoms with Crippen LogP contribution in [0.4, 0.5) is 0 Å². The number of fused-ring (bicyclic) bond motifs is 1. The molecule has 3 rings (SSSR count). The van der Waals surface area contributed by atoms with E-state index in [4.69, 9.17) is 14.2 Å². The van der Waals surface area contributed by atoms with Gasteiger partial charge < -0.3 is 14.4 Å². The van der Waals surface area contributed by atoms with E-state index in [-0.39, 0.29) is 17.9 Å². The van der Waals surface area contributed by atoms with Gasteiger partial charge in [-0.15, -0.1) is 0 Å². The summed E-state index contributed by atoms with van der Waals surface area (Å²) in [5.74, 6) is 1.28. The number of carbonyl (C=O) groups is 1. The number of allylic oxidation sites excluding steroid dienone is 4. The highest BCUT2D eigenvalue weighted by Crippen LogP contribution is 2.36. The van der Waals surface area contributed by atoms with Gasteiger partial charge in [-0.25, -0.2) is 0 Å². The van der Waals surface area contributed by atoms with Crippen LogP contribution >= 0.6 is 0 Å². The Morgan fingerprint density at radius 2 is 2.00 bits per heavy atom. The summed E-state index contributed by atoms with van der Waals surface area (Å²) >= 11 is 0. The number of aliphatic carboxylic acids is 1. The van der Waals surface area contributed by atoms with Gasteiger partial charge in [-0.1, -0.05) is 51.1 Å². The van der Waals surface area contributed by atoms with E-state index in [2.05, 4.69) is 50.3 Å². The molecule has 1 aliphatic heterocycles. The summed E-state index contributed by atoms with van der Waals surface area (Å²) in [4.78, 5) is 16.1. The molecule has 1 aliphatic carbocycles. The van der Waals surface area contributed by atoms with E-state index in [9.17, 15) is 9.90 Å². The van der Waals surface area contributed by atoms with Gasteiger partial charge in [-0.2, -0.15) is 4.98 Å². The average molecular weight is 402 g/mol. The lowest BCUT2D eigenvalue weighted by molar-refractivity contribution is -0.140. The van der Waals surface area contributed by atoms with E-state index >= 15 is 0 Å².